The Morgan fingerprint density at radius 3 is 2.38 bits per heavy atom. The van der Waals surface area contributed by atoms with E-state index in [0.29, 0.717) is 0 Å². The summed E-state index contributed by atoms with van der Waals surface area (Å²) in [6.07, 6.45) is -3.18. The lowest BCUT2D eigenvalue weighted by Gasteiger charge is -2.28. The molecule has 0 aliphatic carbocycles. The molecule has 32 heavy (non-hydrogen) atoms. The minimum absolute atomic E-state index is 0.167. The molecule has 0 radical (unpaired) electrons. The Balaban J connectivity index is 1.65. The van der Waals surface area contributed by atoms with E-state index in [1.54, 1.807) is 20.0 Å². The summed E-state index contributed by atoms with van der Waals surface area (Å²) in [5.41, 5.74) is 1.67. The molecule has 0 bridgehead atoms. The zero-order valence-electron chi connectivity index (χ0n) is 17.6. The molecule has 0 N–H and O–H groups in total. The second kappa shape index (κ2) is 7.51. The number of pyridine rings is 1. The van der Waals surface area contributed by atoms with Crippen molar-refractivity contribution in [2.75, 3.05) is 4.90 Å². The number of ether oxygens (including phenoxy) is 1. The van der Waals surface area contributed by atoms with E-state index < -0.39 is 29.6 Å². The predicted octanol–water partition coefficient (Wildman–Crippen LogP) is 5.19. The maximum absolute atomic E-state index is 13.3. The molecular formula is C23H20F3N3O3. The molecule has 166 valence electrons. The van der Waals surface area contributed by atoms with Crippen molar-refractivity contribution in [2.24, 2.45) is 0 Å². The molecule has 0 unspecified atom stereocenters. The molecule has 1 fully saturated rings. The van der Waals surface area contributed by atoms with Crippen molar-refractivity contribution in [3.05, 3.63) is 65.9 Å². The summed E-state index contributed by atoms with van der Waals surface area (Å²) in [4.78, 5) is 33.1. The number of imide groups is 1. The van der Waals surface area contributed by atoms with Crippen LogP contribution in [0.2, 0.25) is 0 Å². The highest BCUT2D eigenvalue weighted by atomic mass is 19.4. The van der Waals surface area contributed by atoms with Gasteiger partial charge in [0, 0.05) is 18.1 Å². The highest BCUT2D eigenvalue weighted by Crippen LogP contribution is 2.35. The fraction of sp³-hybridized carbons (Fsp3) is 0.261. The van der Waals surface area contributed by atoms with Crippen LogP contribution in [-0.4, -0.2) is 33.7 Å². The van der Waals surface area contributed by atoms with Crippen LogP contribution in [0.5, 0.6) is 5.75 Å². The van der Waals surface area contributed by atoms with Gasteiger partial charge in [-0.3, -0.25) is 9.78 Å². The van der Waals surface area contributed by atoms with E-state index in [2.05, 4.69) is 9.72 Å². The van der Waals surface area contributed by atoms with Gasteiger partial charge in [-0.25, -0.2) is 9.69 Å². The molecule has 0 saturated carbocycles. The van der Waals surface area contributed by atoms with Crippen LogP contribution in [0.15, 0.2) is 54.7 Å². The number of rotatable bonds is 4. The predicted molar refractivity (Wildman–Crippen MR) is 112 cm³/mol. The molecule has 1 aliphatic rings. The zero-order valence-corrected chi connectivity index (χ0v) is 17.6. The lowest BCUT2D eigenvalue weighted by atomic mass is 10.0. The summed E-state index contributed by atoms with van der Waals surface area (Å²) in [6, 6.07) is 11.7. The minimum Gasteiger partial charge on any atom is -0.406 e. The second-order valence-electron chi connectivity index (χ2n) is 8.10. The molecule has 3 aromatic rings. The number of carbonyl (C=O) groups excluding carboxylic acids is 2. The summed E-state index contributed by atoms with van der Waals surface area (Å²) in [5, 5.41) is 0.885. The lowest BCUT2D eigenvalue weighted by molar-refractivity contribution is -0.274. The number of halogens is 3. The molecule has 4 rings (SSSR count). The van der Waals surface area contributed by atoms with Gasteiger partial charge in [-0.1, -0.05) is 11.6 Å². The molecule has 2 heterocycles. The topological polar surface area (TPSA) is 62.7 Å². The second-order valence-corrected chi connectivity index (χ2v) is 8.10. The summed E-state index contributed by atoms with van der Waals surface area (Å²) in [7, 11) is 0. The number of urea groups is 1. The molecule has 2 aromatic carbocycles. The fourth-order valence-electron chi connectivity index (χ4n) is 3.75. The number of benzene rings is 2. The largest absolute Gasteiger partial charge is 0.573 e. The Labute approximate surface area is 182 Å². The van der Waals surface area contributed by atoms with E-state index in [1.807, 2.05) is 31.2 Å². The van der Waals surface area contributed by atoms with Crippen molar-refractivity contribution in [1.29, 1.82) is 0 Å². The van der Waals surface area contributed by atoms with Gasteiger partial charge in [-0.2, -0.15) is 0 Å². The van der Waals surface area contributed by atoms with Gasteiger partial charge in [-0.15, -0.1) is 13.2 Å². The van der Waals surface area contributed by atoms with Gasteiger partial charge in [0.05, 0.1) is 11.2 Å². The van der Waals surface area contributed by atoms with Gasteiger partial charge in [0.15, 0.2) is 0 Å². The normalized spacial score (nSPS) is 16.2. The number of aryl methyl sites for hydroxylation is 1. The van der Waals surface area contributed by atoms with Crippen molar-refractivity contribution in [3.63, 3.8) is 0 Å². The molecule has 1 aromatic heterocycles. The maximum Gasteiger partial charge on any atom is 0.573 e. The summed E-state index contributed by atoms with van der Waals surface area (Å²) >= 11 is 0. The molecule has 0 atom stereocenters. The Morgan fingerprint density at radius 1 is 1.03 bits per heavy atom. The molecule has 6 nitrogen and oxygen atoms in total. The Morgan fingerprint density at radius 2 is 1.72 bits per heavy atom. The first-order chi connectivity index (χ1) is 15.0. The number of nitrogens with zero attached hydrogens (tertiary/aromatic N) is 3. The van der Waals surface area contributed by atoms with E-state index in [4.69, 9.17) is 0 Å². The van der Waals surface area contributed by atoms with Crippen molar-refractivity contribution in [3.8, 4) is 5.75 Å². The summed E-state index contributed by atoms with van der Waals surface area (Å²) in [5.74, 6) is -0.906. The third-order valence-electron chi connectivity index (χ3n) is 5.47. The number of aromatic nitrogens is 1. The first-order valence-electron chi connectivity index (χ1n) is 9.83. The Hall–Kier alpha value is -3.62. The lowest BCUT2D eigenvalue weighted by Crippen LogP contribution is -2.43. The van der Waals surface area contributed by atoms with Crippen LogP contribution in [-0.2, 0) is 11.3 Å². The van der Waals surface area contributed by atoms with Crippen LogP contribution in [0.4, 0.5) is 23.7 Å². The third kappa shape index (κ3) is 3.86. The SMILES string of the molecule is Cc1ccc2nccc(CN3C(=O)N(c4ccc(OC(F)(F)F)cc4)C(=O)C3(C)C)c2c1. The molecule has 3 amide bonds. The van der Waals surface area contributed by atoms with E-state index in [1.165, 1.54) is 17.0 Å². The molecule has 0 spiro atoms. The van der Waals surface area contributed by atoms with Gasteiger partial charge < -0.3 is 9.64 Å². The van der Waals surface area contributed by atoms with Gasteiger partial charge >= 0.3 is 12.4 Å². The van der Waals surface area contributed by atoms with Gasteiger partial charge in [0.25, 0.3) is 5.91 Å². The van der Waals surface area contributed by atoms with Gasteiger partial charge in [0.2, 0.25) is 0 Å². The smallest absolute Gasteiger partial charge is 0.406 e. The van der Waals surface area contributed by atoms with E-state index in [9.17, 15) is 22.8 Å². The Kier molecular flexibility index (Phi) is 5.07. The standard InChI is InChI=1S/C23H20F3N3O3/c1-14-4-9-19-18(12-14)15(10-11-27-19)13-28-21(31)29(20(30)22(28,2)3)16-5-7-17(8-6-16)32-23(24,25)26/h4-12H,13H2,1-3H3. The van der Waals surface area contributed by atoms with Crippen LogP contribution in [0.3, 0.4) is 0 Å². The molecular weight excluding hydrogens is 423 g/mol. The van der Waals surface area contributed by atoms with Gasteiger partial charge in [0.1, 0.15) is 11.3 Å². The number of amides is 3. The average Bonchev–Trinajstić information content (AvgIpc) is 2.87. The van der Waals surface area contributed by atoms with Crippen LogP contribution in [0.25, 0.3) is 10.9 Å². The number of hydrogen-bond acceptors (Lipinski definition) is 4. The van der Waals surface area contributed by atoms with Crippen molar-refractivity contribution >= 4 is 28.5 Å². The van der Waals surface area contributed by atoms with Crippen molar-refractivity contribution in [2.45, 2.75) is 39.2 Å². The number of alkyl halides is 3. The average molecular weight is 443 g/mol. The molecule has 1 saturated heterocycles. The third-order valence-corrected chi connectivity index (χ3v) is 5.47. The van der Waals surface area contributed by atoms with E-state index in [0.717, 1.165) is 39.1 Å². The molecule has 1 aliphatic heterocycles. The monoisotopic (exact) mass is 443 g/mol. The minimum atomic E-state index is -4.83. The number of hydrogen-bond donors (Lipinski definition) is 0. The summed E-state index contributed by atoms with van der Waals surface area (Å²) in [6.45, 7) is 5.41. The van der Waals surface area contributed by atoms with E-state index in [-0.39, 0.29) is 12.2 Å². The van der Waals surface area contributed by atoms with E-state index >= 15 is 0 Å². The number of fused-ring (bicyclic) bond motifs is 1. The zero-order chi connectivity index (χ0) is 23.3. The quantitative estimate of drug-likeness (QED) is 0.521. The highest BCUT2D eigenvalue weighted by Gasteiger charge is 2.51. The van der Waals surface area contributed by atoms with Crippen molar-refractivity contribution < 1.29 is 27.5 Å². The number of anilines is 1. The van der Waals surface area contributed by atoms with Crippen molar-refractivity contribution in [1.82, 2.24) is 9.88 Å². The van der Waals surface area contributed by atoms with Gasteiger partial charge in [-0.05, 0) is 68.8 Å². The van der Waals surface area contributed by atoms with Crippen LogP contribution < -0.4 is 9.64 Å². The Bertz CT molecular complexity index is 1210. The maximum atomic E-state index is 13.3. The first-order valence-corrected chi connectivity index (χ1v) is 9.83. The number of carbonyl (C=O) groups is 2. The van der Waals surface area contributed by atoms with Crippen LogP contribution in [0.1, 0.15) is 25.0 Å². The van der Waals surface area contributed by atoms with Crippen LogP contribution >= 0.6 is 0 Å². The highest BCUT2D eigenvalue weighted by molar-refractivity contribution is 6.23. The van der Waals surface area contributed by atoms with Crippen LogP contribution in [0, 0.1) is 6.92 Å². The summed E-state index contributed by atoms with van der Waals surface area (Å²) < 4.78 is 41.1. The first kappa shape index (κ1) is 21.6. The molecule has 9 heteroatoms. The fourth-order valence-corrected chi connectivity index (χ4v) is 3.75.